The molecule has 1 aromatic rings. The topological polar surface area (TPSA) is 84.7 Å². The Hall–Kier alpha value is -1.92. The molecule has 1 aliphatic heterocycles. The average Bonchev–Trinajstić information content (AvgIpc) is 2.51. The summed E-state index contributed by atoms with van der Waals surface area (Å²) in [4.78, 5) is 25.8. The van der Waals surface area contributed by atoms with Crippen LogP contribution in [0.1, 0.15) is 36.7 Å². The Bertz CT molecular complexity index is 547. The average molecular weight is 319 g/mol. The summed E-state index contributed by atoms with van der Waals surface area (Å²) in [6.45, 7) is 7.20. The Morgan fingerprint density at radius 1 is 1.26 bits per heavy atom. The van der Waals surface area contributed by atoms with Crippen molar-refractivity contribution < 1.29 is 14.3 Å². The Kier molecular flexibility index (Phi) is 5.74. The van der Waals surface area contributed by atoms with Crippen molar-refractivity contribution in [1.29, 1.82) is 0 Å². The number of benzene rings is 1. The van der Waals surface area contributed by atoms with E-state index in [-0.39, 0.29) is 24.0 Å². The van der Waals surface area contributed by atoms with Gasteiger partial charge < -0.3 is 20.7 Å². The molecule has 3 N–H and O–H groups in total. The molecule has 1 aliphatic rings. The predicted octanol–water partition coefficient (Wildman–Crippen LogP) is 0.899. The van der Waals surface area contributed by atoms with Gasteiger partial charge in [0.15, 0.2) is 0 Å². The first-order valence-corrected chi connectivity index (χ1v) is 7.93. The number of carbonyl (C=O) groups excluding carboxylic acids is 2. The third-order valence-corrected chi connectivity index (χ3v) is 3.79. The number of morpholine rings is 1. The molecular weight excluding hydrogens is 294 g/mol. The van der Waals surface area contributed by atoms with E-state index >= 15 is 0 Å². The molecule has 0 radical (unpaired) electrons. The Morgan fingerprint density at radius 2 is 1.83 bits per heavy atom. The van der Waals surface area contributed by atoms with Gasteiger partial charge in [-0.25, -0.2) is 0 Å². The maximum Gasteiger partial charge on any atom is 0.254 e. The number of hydrogen-bond donors (Lipinski definition) is 2. The molecule has 0 saturated carbocycles. The lowest BCUT2D eigenvalue weighted by Crippen LogP contribution is -2.48. The molecule has 1 saturated heterocycles. The zero-order valence-electron chi connectivity index (χ0n) is 13.9. The summed E-state index contributed by atoms with van der Waals surface area (Å²) in [6.07, 6.45) is 0.103. The molecule has 2 unspecified atom stereocenters. The normalized spacial score (nSPS) is 22.5. The van der Waals surface area contributed by atoms with E-state index in [0.29, 0.717) is 25.2 Å². The fraction of sp³-hybridized carbons (Fsp3) is 0.529. The highest BCUT2D eigenvalue weighted by atomic mass is 16.5. The summed E-state index contributed by atoms with van der Waals surface area (Å²) in [5.74, 6) is -0.181. The smallest absolute Gasteiger partial charge is 0.254 e. The molecule has 0 bridgehead atoms. The molecule has 2 rings (SSSR count). The third-order valence-electron chi connectivity index (χ3n) is 3.79. The second kappa shape index (κ2) is 7.57. The van der Waals surface area contributed by atoms with E-state index < -0.39 is 6.04 Å². The molecule has 6 heteroatoms. The first-order chi connectivity index (χ1) is 10.9. The van der Waals surface area contributed by atoms with E-state index in [1.165, 1.54) is 0 Å². The fourth-order valence-electron chi connectivity index (χ4n) is 2.64. The summed E-state index contributed by atoms with van der Waals surface area (Å²) in [5, 5.41) is 2.75. The van der Waals surface area contributed by atoms with Crippen LogP contribution in [0, 0.1) is 0 Å². The molecule has 1 fully saturated rings. The molecule has 0 aliphatic carbocycles. The van der Waals surface area contributed by atoms with Gasteiger partial charge >= 0.3 is 0 Å². The van der Waals surface area contributed by atoms with Crippen LogP contribution in [0.25, 0.3) is 0 Å². The van der Waals surface area contributed by atoms with E-state index in [0.717, 1.165) is 5.56 Å². The van der Waals surface area contributed by atoms with Crippen molar-refractivity contribution in [2.75, 3.05) is 13.1 Å². The number of ether oxygens (including phenoxy) is 1. The van der Waals surface area contributed by atoms with E-state index in [1.807, 2.05) is 30.9 Å². The Labute approximate surface area is 137 Å². The second-order valence-corrected chi connectivity index (χ2v) is 6.17. The van der Waals surface area contributed by atoms with Crippen molar-refractivity contribution in [3.63, 3.8) is 0 Å². The molecular formula is C17H25N3O3. The lowest BCUT2D eigenvalue weighted by molar-refractivity contribution is -0.122. The number of nitrogens with zero attached hydrogens (tertiary/aromatic N) is 1. The molecule has 2 amide bonds. The first-order valence-electron chi connectivity index (χ1n) is 7.93. The van der Waals surface area contributed by atoms with Gasteiger partial charge in [0.2, 0.25) is 5.91 Å². The third kappa shape index (κ3) is 4.77. The minimum Gasteiger partial charge on any atom is -0.372 e. The summed E-state index contributed by atoms with van der Waals surface area (Å²) < 4.78 is 5.65. The van der Waals surface area contributed by atoms with Crippen LogP contribution in [0.2, 0.25) is 0 Å². The number of amides is 2. The van der Waals surface area contributed by atoms with Crippen molar-refractivity contribution in [3.8, 4) is 0 Å². The number of hydrogen-bond acceptors (Lipinski definition) is 4. The van der Waals surface area contributed by atoms with Crippen LogP contribution in [0.4, 0.5) is 0 Å². The van der Waals surface area contributed by atoms with Crippen LogP contribution in [-0.4, -0.2) is 48.1 Å². The number of rotatable bonds is 4. The minimum absolute atomic E-state index is 0.0122. The summed E-state index contributed by atoms with van der Waals surface area (Å²) in [6, 6.07) is 6.76. The van der Waals surface area contributed by atoms with Crippen LogP contribution >= 0.6 is 0 Å². The molecule has 126 valence electrons. The summed E-state index contributed by atoms with van der Waals surface area (Å²) in [5.41, 5.74) is 7.07. The maximum absolute atomic E-state index is 12.5. The molecule has 23 heavy (non-hydrogen) atoms. The van der Waals surface area contributed by atoms with Gasteiger partial charge in [0, 0.05) is 25.2 Å². The standard InChI is InChI=1S/C17H25N3O3/c1-11-9-20(10-12(2)23-11)17(22)15-6-4-14(5-7-15)8-19-16(21)13(3)18/h4-7,11-13H,8-10,18H2,1-3H3,(H,19,21)/t11?,12?,13-/m0/s1. The SMILES string of the molecule is CC1CN(C(=O)c2ccc(CNC(=O)[C@H](C)N)cc2)CC(C)O1. The predicted molar refractivity (Wildman–Crippen MR) is 87.9 cm³/mol. The van der Waals surface area contributed by atoms with Crippen LogP contribution < -0.4 is 11.1 Å². The molecule has 3 atom stereocenters. The van der Waals surface area contributed by atoms with Crippen LogP contribution in [-0.2, 0) is 16.1 Å². The van der Waals surface area contributed by atoms with Crippen LogP contribution in [0.15, 0.2) is 24.3 Å². The van der Waals surface area contributed by atoms with Crippen LogP contribution in [0.5, 0.6) is 0 Å². The zero-order valence-corrected chi connectivity index (χ0v) is 13.9. The lowest BCUT2D eigenvalue weighted by Gasteiger charge is -2.35. The fourth-order valence-corrected chi connectivity index (χ4v) is 2.64. The van der Waals surface area contributed by atoms with Gasteiger partial charge in [0.1, 0.15) is 0 Å². The van der Waals surface area contributed by atoms with Gasteiger partial charge in [-0.15, -0.1) is 0 Å². The molecule has 1 heterocycles. The Balaban J connectivity index is 1.96. The number of carbonyl (C=O) groups is 2. The number of nitrogens with one attached hydrogen (secondary N) is 1. The van der Waals surface area contributed by atoms with E-state index in [4.69, 9.17) is 10.5 Å². The highest BCUT2D eigenvalue weighted by Crippen LogP contribution is 2.15. The molecule has 1 aromatic carbocycles. The maximum atomic E-state index is 12.5. The largest absolute Gasteiger partial charge is 0.372 e. The molecule has 0 spiro atoms. The molecule has 0 aromatic heterocycles. The molecule has 6 nitrogen and oxygen atoms in total. The van der Waals surface area contributed by atoms with Gasteiger partial charge in [-0.1, -0.05) is 12.1 Å². The van der Waals surface area contributed by atoms with Crippen molar-refractivity contribution >= 4 is 11.8 Å². The number of nitrogens with two attached hydrogens (primary N) is 1. The van der Waals surface area contributed by atoms with Crippen molar-refractivity contribution in [3.05, 3.63) is 35.4 Å². The highest BCUT2D eigenvalue weighted by molar-refractivity contribution is 5.94. The van der Waals surface area contributed by atoms with Gasteiger partial charge in [0.05, 0.1) is 18.2 Å². The van der Waals surface area contributed by atoms with Gasteiger partial charge in [-0.05, 0) is 38.5 Å². The second-order valence-electron chi connectivity index (χ2n) is 6.17. The van der Waals surface area contributed by atoms with E-state index in [2.05, 4.69) is 5.32 Å². The highest BCUT2D eigenvalue weighted by Gasteiger charge is 2.26. The minimum atomic E-state index is -0.527. The van der Waals surface area contributed by atoms with Gasteiger partial charge in [-0.2, -0.15) is 0 Å². The zero-order chi connectivity index (χ0) is 17.0. The monoisotopic (exact) mass is 319 g/mol. The van der Waals surface area contributed by atoms with Crippen molar-refractivity contribution in [1.82, 2.24) is 10.2 Å². The van der Waals surface area contributed by atoms with E-state index in [1.54, 1.807) is 19.1 Å². The van der Waals surface area contributed by atoms with Crippen LogP contribution in [0.3, 0.4) is 0 Å². The van der Waals surface area contributed by atoms with Crippen molar-refractivity contribution in [2.24, 2.45) is 5.73 Å². The Morgan fingerprint density at radius 3 is 2.35 bits per heavy atom. The lowest BCUT2D eigenvalue weighted by atomic mass is 10.1. The van der Waals surface area contributed by atoms with E-state index in [9.17, 15) is 9.59 Å². The van der Waals surface area contributed by atoms with Gasteiger partial charge in [-0.3, -0.25) is 9.59 Å². The first kappa shape index (κ1) is 17.4. The van der Waals surface area contributed by atoms with Crippen molar-refractivity contribution in [2.45, 2.75) is 45.6 Å². The summed E-state index contributed by atoms with van der Waals surface area (Å²) in [7, 11) is 0. The summed E-state index contributed by atoms with van der Waals surface area (Å²) >= 11 is 0. The van der Waals surface area contributed by atoms with Gasteiger partial charge in [0.25, 0.3) is 5.91 Å². The quantitative estimate of drug-likeness (QED) is 0.863.